The fraction of sp³-hybridized carbons (Fsp3) is 0.684. The number of hydrogen-bond donors (Lipinski definition) is 1. The predicted molar refractivity (Wildman–Crippen MR) is 88.3 cm³/mol. The summed E-state index contributed by atoms with van der Waals surface area (Å²) in [6.45, 7) is 10.1. The number of hydrogen-bond acceptors (Lipinski definition) is 1. The van der Waals surface area contributed by atoms with E-state index in [-0.39, 0.29) is 0 Å². The lowest BCUT2D eigenvalue weighted by Crippen LogP contribution is -2.40. The molecule has 0 unspecified atom stereocenters. The third kappa shape index (κ3) is 4.09. The molecular weight excluding hydrogens is 242 g/mol. The van der Waals surface area contributed by atoms with Crippen molar-refractivity contribution in [2.45, 2.75) is 72.3 Å². The molecule has 112 valence electrons. The summed E-state index contributed by atoms with van der Waals surface area (Å²) in [5.41, 5.74) is 4.86. The van der Waals surface area contributed by atoms with Gasteiger partial charge in [0.15, 0.2) is 0 Å². The van der Waals surface area contributed by atoms with Crippen LogP contribution < -0.4 is 5.32 Å². The molecule has 20 heavy (non-hydrogen) atoms. The van der Waals surface area contributed by atoms with Crippen LogP contribution in [0.15, 0.2) is 18.2 Å². The van der Waals surface area contributed by atoms with Crippen molar-refractivity contribution >= 4 is 0 Å². The first-order chi connectivity index (χ1) is 9.51. The Bertz CT molecular complexity index is 427. The zero-order valence-electron chi connectivity index (χ0n) is 13.8. The van der Waals surface area contributed by atoms with Crippen molar-refractivity contribution < 1.29 is 0 Å². The molecule has 0 amide bonds. The Morgan fingerprint density at radius 1 is 1.05 bits per heavy atom. The lowest BCUT2D eigenvalue weighted by atomic mass is 9.70. The maximum atomic E-state index is 3.70. The van der Waals surface area contributed by atoms with Gasteiger partial charge in [0.2, 0.25) is 0 Å². The van der Waals surface area contributed by atoms with E-state index in [2.05, 4.69) is 51.2 Å². The molecule has 0 saturated heterocycles. The Balaban J connectivity index is 2.11. The molecule has 0 aliphatic heterocycles. The number of nitrogens with one attached hydrogen (secondary N) is 1. The summed E-state index contributed by atoms with van der Waals surface area (Å²) >= 11 is 0. The van der Waals surface area contributed by atoms with Crippen LogP contribution in [0.5, 0.6) is 0 Å². The Hall–Kier alpha value is -0.820. The molecule has 1 N–H and O–H groups in total. The summed E-state index contributed by atoms with van der Waals surface area (Å²) in [6, 6.07) is 7.63. The molecule has 1 heteroatoms. The molecule has 1 fully saturated rings. The van der Waals surface area contributed by atoms with E-state index < -0.39 is 0 Å². The van der Waals surface area contributed by atoms with E-state index in [9.17, 15) is 0 Å². The maximum absolute atomic E-state index is 3.70. The van der Waals surface area contributed by atoms with Gasteiger partial charge in [0.05, 0.1) is 0 Å². The van der Waals surface area contributed by atoms with Crippen molar-refractivity contribution in [3.63, 3.8) is 0 Å². The third-order valence-electron chi connectivity index (χ3n) is 4.95. The second kappa shape index (κ2) is 6.76. The van der Waals surface area contributed by atoms with Gasteiger partial charge in [-0.25, -0.2) is 0 Å². The molecule has 0 aromatic heterocycles. The molecule has 1 nitrogen and oxygen atoms in total. The summed E-state index contributed by atoms with van der Waals surface area (Å²) in [4.78, 5) is 0. The smallest absolute Gasteiger partial charge is 0.00134 e. The van der Waals surface area contributed by atoms with Crippen molar-refractivity contribution in [2.24, 2.45) is 5.41 Å². The van der Waals surface area contributed by atoms with Crippen LogP contribution in [-0.2, 0) is 6.42 Å². The second-order valence-electron chi connectivity index (χ2n) is 7.19. The zero-order chi connectivity index (χ0) is 14.6. The minimum atomic E-state index is 0.490. The van der Waals surface area contributed by atoms with Crippen molar-refractivity contribution in [3.05, 3.63) is 34.9 Å². The first kappa shape index (κ1) is 15.6. The van der Waals surface area contributed by atoms with Crippen LogP contribution in [0.1, 0.15) is 62.6 Å². The highest BCUT2D eigenvalue weighted by atomic mass is 14.9. The lowest BCUT2D eigenvalue weighted by molar-refractivity contribution is 0.176. The average molecular weight is 273 g/mol. The molecule has 0 atom stereocenters. The van der Waals surface area contributed by atoms with Gasteiger partial charge in [0.1, 0.15) is 0 Å². The highest BCUT2D eigenvalue weighted by molar-refractivity contribution is 5.30. The van der Waals surface area contributed by atoms with Crippen LogP contribution >= 0.6 is 0 Å². The van der Waals surface area contributed by atoms with E-state index in [1.54, 1.807) is 0 Å². The topological polar surface area (TPSA) is 12.0 Å². The zero-order valence-corrected chi connectivity index (χ0v) is 13.8. The summed E-state index contributed by atoms with van der Waals surface area (Å²) in [5.74, 6) is 0. The van der Waals surface area contributed by atoms with Crippen LogP contribution in [0, 0.1) is 19.3 Å². The van der Waals surface area contributed by atoms with Gasteiger partial charge in [-0.2, -0.15) is 0 Å². The van der Waals surface area contributed by atoms with Gasteiger partial charge in [-0.1, -0.05) is 51.3 Å². The van der Waals surface area contributed by atoms with Gasteiger partial charge in [0.25, 0.3) is 0 Å². The van der Waals surface area contributed by atoms with Crippen LogP contribution in [-0.4, -0.2) is 12.6 Å². The van der Waals surface area contributed by atoms with Gasteiger partial charge in [0, 0.05) is 12.6 Å². The van der Waals surface area contributed by atoms with Crippen LogP contribution in [0.2, 0.25) is 0 Å². The first-order valence-corrected chi connectivity index (χ1v) is 8.30. The second-order valence-corrected chi connectivity index (χ2v) is 7.19. The van der Waals surface area contributed by atoms with E-state index >= 15 is 0 Å². The largest absolute Gasteiger partial charge is 0.314 e. The van der Waals surface area contributed by atoms with E-state index in [0.29, 0.717) is 11.5 Å². The minimum Gasteiger partial charge on any atom is -0.314 e. The normalized spacial score (nSPS) is 18.4. The van der Waals surface area contributed by atoms with E-state index in [4.69, 9.17) is 0 Å². The quantitative estimate of drug-likeness (QED) is 0.813. The van der Waals surface area contributed by atoms with E-state index in [0.717, 1.165) is 0 Å². The van der Waals surface area contributed by atoms with Crippen LogP contribution in [0.4, 0.5) is 0 Å². The maximum Gasteiger partial charge on any atom is 0.00134 e. The van der Waals surface area contributed by atoms with Gasteiger partial charge < -0.3 is 5.32 Å². The molecule has 1 aliphatic rings. The first-order valence-electron chi connectivity index (χ1n) is 8.30. The molecule has 0 heterocycles. The minimum absolute atomic E-state index is 0.490. The number of rotatable bonds is 5. The van der Waals surface area contributed by atoms with E-state index in [1.165, 1.54) is 61.8 Å². The molecular formula is C19H31N. The predicted octanol–water partition coefficient (Wildman–Crippen LogP) is 4.79. The summed E-state index contributed by atoms with van der Waals surface area (Å²) in [5, 5.41) is 3.70. The van der Waals surface area contributed by atoms with Crippen molar-refractivity contribution in [1.82, 2.24) is 5.32 Å². The van der Waals surface area contributed by atoms with Crippen molar-refractivity contribution in [1.29, 1.82) is 0 Å². The Kier molecular flexibility index (Phi) is 5.26. The summed E-state index contributed by atoms with van der Waals surface area (Å²) in [6.07, 6.45) is 8.26. The lowest BCUT2D eigenvalue weighted by Gasteiger charge is -2.38. The third-order valence-corrected chi connectivity index (χ3v) is 4.95. The average Bonchev–Trinajstić information content (AvgIpc) is 2.42. The Morgan fingerprint density at radius 2 is 1.75 bits per heavy atom. The van der Waals surface area contributed by atoms with E-state index in [1.807, 2.05) is 0 Å². The standard InChI is InChI=1S/C19H31N/c1-15(2)20-14-19(10-6-5-7-11-19)13-18-9-8-16(3)17(4)12-18/h8-9,12,15,20H,5-7,10-11,13-14H2,1-4H3. The van der Waals surface area contributed by atoms with Crippen LogP contribution in [0.25, 0.3) is 0 Å². The van der Waals surface area contributed by atoms with Crippen molar-refractivity contribution in [3.8, 4) is 0 Å². The highest BCUT2D eigenvalue weighted by Gasteiger charge is 2.32. The number of benzene rings is 1. The van der Waals surface area contributed by atoms with Crippen molar-refractivity contribution in [2.75, 3.05) is 6.54 Å². The van der Waals surface area contributed by atoms with Gasteiger partial charge in [-0.05, 0) is 55.2 Å². The summed E-state index contributed by atoms with van der Waals surface area (Å²) in [7, 11) is 0. The fourth-order valence-electron chi connectivity index (χ4n) is 3.48. The monoisotopic (exact) mass is 273 g/mol. The number of aryl methyl sites for hydroxylation is 2. The molecule has 0 bridgehead atoms. The molecule has 2 rings (SSSR count). The molecule has 1 saturated carbocycles. The Morgan fingerprint density at radius 3 is 2.35 bits per heavy atom. The molecule has 1 aromatic rings. The van der Waals surface area contributed by atoms with Gasteiger partial charge in [-0.15, -0.1) is 0 Å². The molecule has 0 radical (unpaired) electrons. The fourth-order valence-corrected chi connectivity index (χ4v) is 3.48. The highest BCUT2D eigenvalue weighted by Crippen LogP contribution is 2.39. The molecule has 1 aromatic carbocycles. The van der Waals surface area contributed by atoms with Gasteiger partial charge >= 0.3 is 0 Å². The Labute approximate surface area is 125 Å². The summed E-state index contributed by atoms with van der Waals surface area (Å²) < 4.78 is 0. The SMILES string of the molecule is Cc1ccc(CC2(CNC(C)C)CCCCC2)cc1C. The molecule has 1 aliphatic carbocycles. The van der Waals surface area contributed by atoms with Crippen LogP contribution in [0.3, 0.4) is 0 Å². The molecule has 0 spiro atoms. The van der Waals surface area contributed by atoms with Gasteiger partial charge in [-0.3, -0.25) is 0 Å².